The van der Waals surface area contributed by atoms with Gasteiger partial charge in [-0.05, 0) is 47.5 Å². The second kappa shape index (κ2) is 12.8. The molecule has 0 spiro atoms. The first-order chi connectivity index (χ1) is 28.7. The lowest BCUT2D eigenvalue weighted by atomic mass is 9.94. The van der Waals surface area contributed by atoms with Gasteiger partial charge in [0.15, 0.2) is 17.5 Å². The molecule has 0 aliphatic heterocycles. The molecule has 12 aromatic rings. The summed E-state index contributed by atoms with van der Waals surface area (Å²) >= 11 is 0. The number of rotatable bonds is 5. The molecule has 0 unspecified atom stereocenters. The molecule has 270 valence electrons. The van der Waals surface area contributed by atoms with E-state index >= 15 is 0 Å². The molecule has 0 radical (unpaired) electrons. The van der Waals surface area contributed by atoms with E-state index in [1.54, 1.807) is 0 Å². The molecule has 58 heavy (non-hydrogen) atoms. The van der Waals surface area contributed by atoms with Crippen LogP contribution in [0.5, 0.6) is 0 Å². The highest BCUT2D eigenvalue weighted by Gasteiger charge is 2.20. The van der Waals surface area contributed by atoms with E-state index in [1.807, 2.05) is 78.9 Å². The molecule has 0 aliphatic carbocycles. The van der Waals surface area contributed by atoms with Crippen LogP contribution in [0.4, 0.5) is 0 Å². The average molecular weight is 743 g/mol. The van der Waals surface area contributed by atoms with Gasteiger partial charge in [-0.2, -0.15) is 0 Å². The number of aromatic nitrogens is 4. The Labute approximate surface area is 331 Å². The van der Waals surface area contributed by atoms with Gasteiger partial charge in [-0.15, -0.1) is 0 Å². The lowest BCUT2D eigenvalue weighted by molar-refractivity contribution is 0.669. The van der Waals surface area contributed by atoms with Gasteiger partial charge in [0.1, 0.15) is 22.3 Å². The number of para-hydroxylation sites is 3. The molecule has 0 bridgehead atoms. The third-order valence-corrected chi connectivity index (χ3v) is 11.1. The van der Waals surface area contributed by atoms with Crippen molar-refractivity contribution in [3.63, 3.8) is 0 Å². The fourth-order valence-electron chi connectivity index (χ4n) is 8.38. The number of hydrogen-bond acceptors (Lipinski definition) is 6. The largest absolute Gasteiger partial charge is 0.456 e. The minimum Gasteiger partial charge on any atom is -0.456 e. The Morgan fingerprint density at radius 2 is 0.897 bits per heavy atom. The number of nitrogens with zero attached hydrogens (tertiary/aromatic N) is 4. The van der Waals surface area contributed by atoms with Gasteiger partial charge < -0.3 is 8.83 Å². The fourth-order valence-corrected chi connectivity index (χ4v) is 8.38. The lowest BCUT2D eigenvalue weighted by Crippen LogP contribution is -2.00. The van der Waals surface area contributed by atoms with Crippen LogP contribution in [0.3, 0.4) is 0 Å². The fraction of sp³-hybridized carbons (Fsp3) is 0. The minimum absolute atomic E-state index is 0.555. The number of fused-ring (bicyclic) bond motifs is 10. The molecular formula is C52H30N4O2. The minimum atomic E-state index is 0.555. The summed E-state index contributed by atoms with van der Waals surface area (Å²) in [4.78, 5) is 20.4. The van der Waals surface area contributed by atoms with Gasteiger partial charge in [0.05, 0.1) is 16.8 Å². The third-order valence-electron chi connectivity index (χ3n) is 11.1. The molecule has 0 amide bonds. The molecule has 0 saturated carbocycles. The van der Waals surface area contributed by atoms with Crippen molar-refractivity contribution in [1.82, 2.24) is 19.9 Å². The monoisotopic (exact) mass is 742 g/mol. The van der Waals surface area contributed by atoms with E-state index in [9.17, 15) is 0 Å². The maximum atomic E-state index is 6.41. The first-order valence-electron chi connectivity index (χ1n) is 19.3. The van der Waals surface area contributed by atoms with Crippen molar-refractivity contribution >= 4 is 65.6 Å². The van der Waals surface area contributed by atoms with Gasteiger partial charge in [0.2, 0.25) is 0 Å². The van der Waals surface area contributed by atoms with Crippen LogP contribution in [-0.2, 0) is 0 Å². The molecule has 8 aromatic carbocycles. The molecule has 0 fully saturated rings. The predicted molar refractivity (Wildman–Crippen MR) is 234 cm³/mol. The predicted octanol–water partition coefficient (Wildman–Crippen LogP) is 13.7. The van der Waals surface area contributed by atoms with E-state index in [2.05, 4.69) is 103 Å². The van der Waals surface area contributed by atoms with E-state index in [4.69, 9.17) is 28.8 Å². The second-order valence-electron chi connectivity index (χ2n) is 14.5. The van der Waals surface area contributed by atoms with Crippen LogP contribution in [-0.4, -0.2) is 19.9 Å². The highest BCUT2D eigenvalue weighted by molar-refractivity contribution is 6.28. The maximum Gasteiger partial charge on any atom is 0.167 e. The van der Waals surface area contributed by atoms with Crippen molar-refractivity contribution in [1.29, 1.82) is 0 Å². The molecule has 4 heterocycles. The topological polar surface area (TPSA) is 77.8 Å². The van der Waals surface area contributed by atoms with Gasteiger partial charge in [-0.1, -0.05) is 146 Å². The van der Waals surface area contributed by atoms with Crippen LogP contribution < -0.4 is 0 Å². The smallest absolute Gasteiger partial charge is 0.167 e. The molecule has 12 rings (SSSR count). The van der Waals surface area contributed by atoms with Crippen LogP contribution in [0, 0.1) is 0 Å². The van der Waals surface area contributed by atoms with Crippen LogP contribution in [0.1, 0.15) is 0 Å². The van der Waals surface area contributed by atoms with Crippen molar-refractivity contribution in [2.75, 3.05) is 0 Å². The zero-order valence-electron chi connectivity index (χ0n) is 30.9. The normalized spacial score (nSPS) is 11.8. The number of hydrogen-bond donors (Lipinski definition) is 0. The lowest BCUT2D eigenvalue weighted by Gasteiger charge is -2.13. The Balaban J connectivity index is 0.999. The van der Waals surface area contributed by atoms with Crippen molar-refractivity contribution in [3.05, 3.63) is 182 Å². The average Bonchev–Trinajstić information content (AvgIpc) is 3.88. The Kier molecular flexibility index (Phi) is 7.13. The molecule has 0 atom stereocenters. The number of benzene rings is 8. The first kappa shape index (κ1) is 32.3. The molecule has 6 nitrogen and oxygen atoms in total. The summed E-state index contributed by atoms with van der Waals surface area (Å²) in [6.45, 7) is 0. The Hall–Kier alpha value is -7.96. The molecule has 0 saturated heterocycles. The maximum absolute atomic E-state index is 6.41. The SMILES string of the molecule is c1ccc(-c2nc(-c3ccc(-c4ccc5c(c4)nc(-c4ccccc4)c4ccc6oc7ccccc7c6c45)cc3)nc(-c3cccc4c3oc3ccccc34)n2)cc1. The summed E-state index contributed by atoms with van der Waals surface area (Å²) in [5, 5.41) is 7.61. The summed E-state index contributed by atoms with van der Waals surface area (Å²) in [6.07, 6.45) is 0. The van der Waals surface area contributed by atoms with E-state index < -0.39 is 0 Å². The molecular weight excluding hydrogens is 713 g/mol. The van der Waals surface area contributed by atoms with Crippen LogP contribution >= 0.6 is 0 Å². The Bertz CT molecular complexity index is 3560. The summed E-state index contributed by atoms with van der Waals surface area (Å²) in [5.74, 6) is 1.73. The van der Waals surface area contributed by atoms with Crippen molar-refractivity contribution in [2.45, 2.75) is 0 Å². The first-order valence-corrected chi connectivity index (χ1v) is 19.3. The molecule has 6 heteroatoms. The zero-order valence-corrected chi connectivity index (χ0v) is 30.9. The van der Waals surface area contributed by atoms with Gasteiger partial charge in [0.25, 0.3) is 0 Å². The summed E-state index contributed by atoms with van der Waals surface area (Å²) in [5.41, 5.74) is 11.0. The summed E-state index contributed by atoms with van der Waals surface area (Å²) in [7, 11) is 0. The van der Waals surface area contributed by atoms with Crippen molar-refractivity contribution < 1.29 is 8.83 Å². The summed E-state index contributed by atoms with van der Waals surface area (Å²) < 4.78 is 12.8. The van der Waals surface area contributed by atoms with E-state index in [0.717, 1.165) is 105 Å². The van der Waals surface area contributed by atoms with Gasteiger partial charge >= 0.3 is 0 Å². The van der Waals surface area contributed by atoms with Gasteiger partial charge in [-0.3, -0.25) is 0 Å². The standard InChI is InChI=1S/C52H30N4O2/c1-3-12-32(13-4-1)48-40-28-29-45-47(39-17-8-10-21-44(39)57-45)46(40)38-27-26-35(30-42(38)53-48)31-22-24-34(25-23-31)51-54-50(33-14-5-2-6-15-33)55-52(56-51)41-19-11-18-37-36-16-7-9-20-43(36)58-49(37)41/h1-30H. The second-order valence-corrected chi connectivity index (χ2v) is 14.5. The van der Waals surface area contributed by atoms with Gasteiger partial charge in [0, 0.05) is 54.4 Å². The van der Waals surface area contributed by atoms with E-state index in [0.29, 0.717) is 17.5 Å². The third kappa shape index (κ3) is 5.12. The van der Waals surface area contributed by atoms with Crippen LogP contribution in [0.25, 0.3) is 122 Å². The van der Waals surface area contributed by atoms with Crippen LogP contribution in [0.2, 0.25) is 0 Å². The van der Waals surface area contributed by atoms with Gasteiger partial charge in [-0.25, -0.2) is 19.9 Å². The molecule has 0 aliphatic rings. The molecule has 0 N–H and O–H groups in total. The Morgan fingerprint density at radius 3 is 1.67 bits per heavy atom. The summed E-state index contributed by atoms with van der Waals surface area (Å²) in [6, 6.07) is 62.2. The zero-order chi connectivity index (χ0) is 38.2. The highest BCUT2D eigenvalue weighted by atomic mass is 16.3. The van der Waals surface area contributed by atoms with E-state index in [-0.39, 0.29) is 0 Å². The highest BCUT2D eigenvalue weighted by Crippen LogP contribution is 2.42. The number of pyridine rings is 1. The number of furan rings is 2. The van der Waals surface area contributed by atoms with E-state index in [1.165, 1.54) is 0 Å². The van der Waals surface area contributed by atoms with Crippen molar-refractivity contribution in [2.24, 2.45) is 0 Å². The van der Waals surface area contributed by atoms with Crippen molar-refractivity contribution in [3.8, 4) is 56.5 Å². The quantitative estimate of drug-likeness (QED) is 0.163. The van der Waals surface area contributed by atoms with Crippen LogP contribution in [0.15, 0.2) is 191 Å². The Morgan fingerprint density at radius 1 is 0.310 bits per heavy atom. The molecule has 4 aromatic heterocycles.